The number of hydrogen-bond donors (Lipinski definition) is 1. The number of nitrogens with zero attached hydrogens (tertiary/aromatic N) is 2. The lowest BCUT2D eigenvalue weighted by Gasteiger charge is -1.99. The Balaban J connectivity index is 2.18. The van der Waals surface area contributed by atoms with Gasteiger partial charge in [-0.3, -0.25) is 4.98 Å². The Bertz CT molecular complexity index is 593. The second kappa shape index (κ2) is 6.10. The Morgan fingerprint density at radius 2 is 2.32 bits per heavy atom. The molecule has 0 amide bonds. The zero-order chi connectivity index (χ0) is 13.7. The molecule has 2 aromatic rings. The number of esters is 1. The van der Waals surface area contributed by atoms with Crippen LogP contribution >= 0.6 is 11.3 Å². The van der Waals surface area contributed by atoms with Gasteiger partial charge in [-0.2, -0.15) is 0 Å². The van der Waals surface area contributed by atoms with Gasteiger partial charge in [-0.25, -0.2) is 9.78 Å². The molecule has 2 rings (SSSR count). The van der Waals surface area contributed by atoms with Gasteiger partial charge in [0, 0.05) is 17.3 Å². The van der Waals surface area contributed by atoms with Crippen molar-refractivity contribution in [3.8, 4) is 10.7 Å². The molecule has 19 heavy (non-hydrogen) atoms. The fraction of sp³-hybridized carbons (Fsp3) is 0.154. The maximum atomic E-state index is 11.4. The van der Waals surface area contributed by atoms with Crippen molar-refractivity contribution in [1.82, 2.24) is 9.97 Å². The molecule has 6 heteroatoms. The van der Waals surface area contributed by atoms with Gasteiger partial charge in [0.1, 0.15) is 10.7 Å². The summed E-state index contributed by atoms with van der Waals surface area (Å²) < 4.78 is 4.81. The summed E-state index contributed by atoms with van der Waals surface area (Å²) in [5.41, 5.74) is 6.49. The first-order chi connectivity index (χ1) is 9.20. The van der Waals surface area contributed by atoms with Crippen molar-refractivity contribution in [3.63, 3.8) is 0 Å². The van der Waals surface area contributed by atoms with Crippen LogP contribution in [0.3, 0.4) is 0 Å². The van der Waals surface area contributed by atoms with Crippen molar-refractivity contribution in [2.24, 2.45) is 5.73 Å². The van der Waals surface area contributed by atoms with E-state index in [1.165, 1.54) is 11.3 Å². The zero-order valence-electron chi connectivity index (χ0n) is 10.4. The van der Waals surface area contributed by atoms with E-state index in [9.17, 15) is 4.79 Å². The Morgan fingerprint density at radius 3 is 3.00 bits per heavy atom. The number of aromatic nitrogens is 2. The second-order valence-electron chi connectivity index (χ2n) is 3.60. The molecule has 0 unspecified atom stereocenters. The third-order valence-electron chi connectivity index (χ3n) is 2.22. The highest BCUT2D eigenvalue weighted by molar-refractivity contribution is 7.15. The Morgan fingerprint density at radius 1 is 1.47 bits per heavy atom. The maximum absolute atomic E-state index is 11.4. The molecule has 0 atom stereocenters. The van der Waals surface area contributed by atoms with Crippen molar-refractivity contribution >= 4 is 23.4 Å². The fourth-order valence-corrected chi connectivity index (χ4v) is 2.23. The zero-order valence-corrected chi connectivity index (χ0v) is 11.2. The largest absolute Gasteiger partial charge is 0.461 e. The van der Waals surface area contributed by atoms with Gasteiger partial charge in [0.25, 0.3) is 0 Å². The summed E-state index contributed by atoms with van der Waals surface area (Å²) in [6.45, 7) is 2.03. The van der Waals surface area contributed by atoms with E-state index in [0.29, 0.717) is 6.61 Å². The predicted octanol–water partition coefficient (Wildman–Crippen LogP) is 2.07. The Kier molecular flexibility index (Phi) is 4.25. The minimum absolute atomic E-state index is 0.0677. The van der Waals surface area contributed by atoms with E-state index in [1.54, 1.807) is 25.4 Å². The van der Waals surface area contributed by atoms with Gasteiger partial charge in [0.2, 0.25) is 0 Å². The van der Waals surface area contributed by atoms with Crippen molar-refractivity contribution in [1.29, 1.82) is 0 Å². The highest BCUT2D eigenvalue weighted by Gasteiger charge is 2.08. The first-order valence-electron chi connectivity index (χ1n) is 5.72. The van der Waals surface area contributed by atoms with E-state index < -0.39 is 5.97 Å². The van der Waals surface area contributed by atoms with Gasteiger partial charge in [-0.1, -0.05) is 6.07 Å². The summed E-state index contributed by atoms with van der Waals surface area (Å²) in [5.74, 6) is -0.518. The molecule has 0 spiro atoms. The van der Waals surface area contributed by atoms with Crippen molar-refractivity contribution < 1.29 is 9.53 Å². The van der Waals surface area contributed by atoms with Crippen LogP contribution in [0.1, 0.15) is 11.8 Å². The number of rotatable bonds is 4. The minimum Gasteiger partial charge on any atom is -0.461 e. The normalized spacial score (nSPS) is 11.3. The molecule has 0 fully saturated rings. The lowest BCUT2D eigenvalue weighted by atomic mass is 10.3. The van der Waals surface area contributed by atoms with Gasteiger partial charge in [0.05, 0.1) is 12.3 Å². The van der Waals surface area contributed by atoms with E-state index in [2.05, 4.69) is 9.97 Å². The topological polar surface area (TPSA) is 78.1 Å². The number of carbonyl (C=O) groups is 1. The second-order valence-corrected chi connectivity index (χ2v) is 4.67. The summed E-state index contributed by atoms with van der Waals surface area (Å²) in [7, 11) is 0. The van der Waals surface area contributed by atoms with Crippen LogP contribution in [0.2, 0.25) is 0 Å². The monoisotopic (exact) mass is 275 g/mol. The number of pyridine rings is 1. The van der Waals surface area contributed by atoms with Crippen LogP contribution in [0.5, 0.6) is 0 Å². The van der Waals surface area contributed by atoms with Gasteiger partial charge >= 0.3 is 5.97 Å². The van der Waals surface area contributed by atoms with E-state index in [0.717, 1.165) is 15.6 Å². The molecule has 5 nitrogen and oxygen atoms in total. The van der Waals surface area contributed by atoms with Crippen molar-refractivity contribution in [3.05, 3.63) is 41.2 Å². The minimum atomic E-state index is -0.518. The predicted molar refractivity (Wildman–Crippen MR) is 74.1 cm³/mol. The molecular formula is C13H13N3O2S. The molecule has 2 aromatic heterocycles. The molecule has 0 radical (unpaired) electrons. The molecule has 0 aliphatic carbocycles. The van der Waals surface area contributed by atoms with Gasteiger partial charge in [0.15, 0.2) is 0 Å². The van der Waals surface area contributed by atoms with Crippen LogP contribution in [0.25, 0.3) is 16.8 Å². The molecule has 0 aliphatic rings. The van der Waals surface area contributed by atoms with Crippen molar-refractivity contribution in [2.45, 2.75) is 6.92 Å². The summed E-state index contributed by atoms with van der Waals surface area (Å²) >= 11 is 1.41. The first-order valence-corrected chi connectivity index (χ1v) is 6.54. The van der Waals surface area contributed by atoms with E-state index >= 15 is 0 Å². The molecule has 0 bridgehead atoms. The number of nitrogens with two attached hydrogens (primary N) is 1. The van der Waals surface area contributed by atoms with Crippen LogP contribution < -0.4 is 5.73 Å². The lowest BCUT2D eigenvalue weighted by Crippen LogP contribution is -2.14. The number of carbonyl (C=O) groups excluding carboxylic acids is 1. The third-order valence-corrected chi connectivity index (χ3v) is 3.18. The van der Waals surface area contributed by atoms with Crippen LogP contribution in [0, 0.1) is 0 Å². The van der Waals surface area contributed by atoms with E-state index in [4.69, 9.17) is 10.5 Å². The average Bonchev–Trinajstić information content (AvgIpc) is 2.88. The number of hydrogen-bond acceptors (Lipinski definition) is 6. The fourth-order valence-electron chi connectivity index (χ4n) is 1.39. The number of ether oxygens (including phenoxy) is 1. The molecule has 98 valence electrons. The molecule has 0 saturated carbocycles. The quantitative estimate of drug-likeness (QED) is 0.682. The maximum Gasteiger partial charge on any atom is 0.354 e. The van der Waals surface area contributed by atoms with Crippen LogP contribution in [-0.2, 0) is 9.53 Å². The van der Waals surface area contributed by atoms with Gasteiger partial charge in [-0.15, -0.1) is 11.3 Å². The average molecular weight is 275 g/mol. The molecule has 0 aliphatic heterocycles. The van der Waals surface area contributed by atoms with E-state index in [1.807, 2.05) is 18.2 Å². The smallest absolute Gasteiger partial charge is 0.354 e. The molecular weight excluding hydrogens is 262 g/mol. The summed E-state index contributed by atoms with van der Waals surface area (Å²) in [4.78, 5) is 20.6. The van der Waals surface area contributed by atoms with E-state index in [-0.39, 0.29) is 5.70 Å². The standard InChI is InChI=1S/C13H13N3O2S/c1-2-18-13(17)10(14)7-9-8-16-12(19-9)11-5-3-4-6-15-11/h3-8H,2,14H2,1H3/b10-7-. The highest BCUT2D eigenvalue weighted by atomic mass is 32.1. The van der Waals surface area contributed by atoms with Crippen LogP contribution in [0.15, 0.2) is 36.3 Å². The number of thiazole rings is 1. The molecule has 0 aromatic carbocycles. The third kappa shape index (κ3) is 3.38. The SMILES string of the molecule is CCOC(=O)/C(N)=C/c1cnc(-c2ccccn2)s1. The summed E-state index contributed by atoms with van der Waals surface area (Å²) in [6.07, 6.45) is 4.92. The lowest BCUT2D eigenvalue weighted by molar-refractivity contribution is -0.138. The van der Waals surface area contributed by atoms with Crippen LogP contribution in [-0.4, -0.2) is 22.5 Å². The first kappa shape index (κ1) is 13.2. The Labute approximate surface area is 114 Å². The van der Waals surface area contributed by atoms with Gasteiger partial charge in [-0.05, 0) is 25.1 Å². The van der Waals surface area contributed by atoms with Gasteiger partial charge < -0.3 is 10.5 Å². The van der Waals surface area contributed by atoms with Crippen LogP contribution in [0.4, 0.5) is 0 Å². The molecule has 0 saturated heterocycles. The Hall–Kier alpha value is -2.21. The van der Waals surface area contributed by atoms with Crippen molar-refractivity contribution in [2.75, 3.05) is 6.61 Å². The highest BCUT2D eigenvalue weighted by Crippen LogP contribution is 2.24. The molecule has 2 heterocycles. The molecule has 2 N–H and O–H groups in total. The summed E-state index contributed by atoms with van der Waals surface area (Å²) in [6, 6.07) is 5.61. The summed E-state index contributed by atoms with van der Waals surface area (Å²) in [5, 5.41) is 0.781.